The van der Waals surface area contributed by atoms with E-state index < -0.39 is 0 Å². The van der Waals surface area contributed by atoms with Crippen molar-refractivity contribution < 1.29 is 4.74 Å². The van der Waals surface area contributed by atoms with Gasteiger partial charge in [-0.25, -0.2) is 15.0 Å². The van der Waals surface area contributed by atoms with Crippen LogP contribution in [0, 0.1) is 5.92 Å². The van der Waals surface area contributed by atoms with Gasteiger partial charge in [0, 0.05) is 13.6 Å². The molecule has 158 valence electrons. The third-order valence-corrected chi connectivity index (χ3v) is 6.97. The van der Waals surface area contributed by atoms with Crippen molar-refractivity contribution in [2.45, 2.75) is 13.0 Å². The highest BCUT2D eigenvalue weighted by molar-refractivity contribution is 8.00. The number of aryl methyl sites for hydroxylation is 1. The summed E-state index contributed by atoms with van der Waals surface area (Å²) in [6.07, 6.45) is 4.18. The molecule has 1 N–H and O–H groups in total. The molecule has 0 radical (unpaired) electrons. The van der Waals surface area contributed by atoms with Crippen molar-refractivity contribution in [3.05, 3.63) is 71.0 Å². The maximum Gasteiger partial charge on any atom is 0.321 e. The molecule has 0 spiro atoms. The van der Waals surface area contributed by atoms with Crippen molar-refractivity contribution in [1.82, 2.24) is 19.5 Å². The second kappa shape index (κ2) is 8.77. The van der Waals surface area contributed by atoms with Gasteiger partial charge in [0.15, 0.2) is 0 Å². The number of nitrogens with one attached hydrogen (secondary N) is 1. The number of imidazole rings is 1. The lowest BCUT2D eigenvalue weighted by atomic mass is 10.0. The van der Waals surface area contributed by atoms with Gasteiger partial charge in [-0.2, -0.15) is 11.8 Å². The monoisotopic (exact) mass is 451 g/mol. The van der Waals surface area contributed by atoms with Crippen molar-refractivity contribution in [2.24, 2.45) is 13.0 Å². The molecule has 3 heterocycles. The summed E-state index contributed by atoms with van der Waals surface area (Å²) >= 11 is 7.83. The molecule has 1 aliphatic rings. The molecular weight excluding hydrogens is 430 g/mol. The lowest BCUT2D eigenvalue weighted by Gasteiger charge is -2.24. The smallest absolute Gasteiger partial charge is 0.321 e. The minimum atomic E-state index is 0.269. The van der Waals surface area contributed by atoms with Crippen molar-refractivity contribution in [3.63, 3.8) is 0 Å². The van der Waals surface area contributed by atoms with E-state index in [0.717, 1.165) is 29.4 Å². The molecule has 31 heavy (non-hydrogen) atoms. The zero-order chi connectivity index (χ0) is 21.2. The number of hydrogen-bond donors (Lipinski definition) is 1. The summed E-state index contributed by atoms with van der Waals surface area (Å²) in [5.41, 5.74) is 4.70. The molecule has 2 aromatic carbocycles. The standard InChI is InChI=1S/C23H22ClN5OS/c1-29-21-9-16(8-17-13-31-14-17)4-7-20(21)28-22(29)25-10-15-2-5-19(6-3-15)30-23-26-11-18(24)12-27-23/h2-7,9,11-12,17H,8,10,13-14H2,1H3,(H,25,28). The number of aromatic nitrogens is 4. The molecule has 0 bridgehead atoms. The Hall–Kier alpha value is -2.77. The first-order valence-electron chi connectivity index (χ1n) is 10.2. The first-order chi connectivity index (χ1) is 15.1. The molecule has 5 rings (SSSR count). The van der Waals surface area contributed by atoms with E-state index in [9.17, 15) is 0 Å². The Bertz CT molecular complexity index is 1190. The van der Waals surface area contributed by atoms with Crippen molar-refractivity contribution in [1.29, 1.82) is 0 Å². The van der Waals surface area contributed by atoms with Gasteiger partial charge in [0.1, 0.15) is 5.75 Å². The van der Waals surface area contributed by atoms with Crippen LogP contribution in [0.2, 0.25) is 5.02 Å². The first-order valence-corrected chi connectivity index (χ1v) is 11.7. The van der Waals surface area contributed by atoms with E-state index in [1.807, 2.05) is 36.0 Å². The van der Waals surface area contributed by atoms with E-state index in [1.54, 1.807) is 0 Å². The van der Waals surface area contributed by atoms with E-state index in [0.29, 0.717) is 17.3 Å². The number of anilines is 1. The van der Waals surface area contributed by atoms with Crippen molar-refractivity contribution in [3.8, 4) is 11.8 Å². The SMILES string of the molecule is Cn1c(NCc2ccc(Oc3ncc(Cl)cn3)cc2)nc2ccc(CC3CSC3)cc21. The fraction of sp³-hybridized carbons (Fsp3) is 0.261. The lowest BCUT2D eigenvalue weighted by Crippen LogP contribution is -2.20. The van der Waals surface area contributed by atoms with E-state index in [-0.39, 0.29) is 6.01 Å². The highest BCUT2D eigenvalue weighted by Gasteiger charge is 2.19. The highest BCUT2D eigenvalue weighted by Crippen LogP contribution is 2.29. The first kappa shape index (κ1) is 20.2. The number of fused-ring (bicyclic) bond motifs is 1. The summed E-state index contributed by atoms with van der Waals surface area (Å²) in [6, 6.07) is 14.7. The maximum atomic E-state index is 5.80. The van der Waals surface area contributed by atoms with Gasteiger partial charge in [-0.1, -0.05) is 29.8 Å². The van der Waals surface area contributed by atoms with Crippen LogP contribution in [0.3, 0.4) is 0 Å². The van der Waals surface area contributed by atoms with Gasteiger partial charge in [0.05, 0.1) is 28.4 Å². The van der Waals surface area contributed by atoms with Gasteiger partial charge in [-0.05, 0) is 59.2 Å². The van der Waals surface area contributed by atoms with Crippen molar-refractivity contribution in [2.75, 3.05) is 16.8 Å². The third kappa shape index (κ3) is 4.62. The number of nitrogens with zero attached hydrogens (tertiary/aromatic N) is 4. The van der Waals surface area contributed by atoms with Gasteiger partial charge in [0.25, 0.3) is 0 Å². The predicted octanol–water partition coefficient (Wildman–Crippen LogP) is 5.33. The molecule has 1 fully saturated rings. The average molecular weight is 452 g/mol. The van der Waals surface area contributed by atoms with Crippen LogP contribution < -0.4 is 10.1 Å². The van der Waals surface area contributed by atoms with Crippen LogP contribution in [0.15, 0.2) is 54.9 Å². The number of ether oxygens (including phenoxy) is 1. The topological polar surface area (TPSA) is 64.9 Å². The summed E-state index contributed by atoms with van der Waals surface area (Å²) in [4.78, 5) is 12.8. The molecular formula is C23H22ClN5OS. The summed E-state index contributed by atoms with van der Waals surface area (Å²) in [5, 5.41) is 3.92. The van der Waals surface area contributed by atoms with E-state index in [4.69, 9.17) is 21.3 Å². The molecule has 8 heteroatoms. The molecule has 0 unspecified atom stereocenters. The molecule has 0 atom stereocenters. The fourth-order valence-electron chi connectivity index (χ4n) is 3.57. The quantitative estimate of drug-likeness (QED) is 0.410. The fourth-order valence-corrected chi connectivity index (χ4v) is 4.47. The maximum absolute atomic E-state index is 5.80. The average Bonchev–Trinajstić information content (AvgIpc) is 3.07. The molecule has 0 amide bonds. The van der Waals surface area contributed by atoms with Crippen LogP contribution in [-0.2, 0) is 20.0 Å². The van der Waals surface area contributed by atoms with Gasteiger partial charge in [0.2, 0.25) is 5.95 Å². The molecule has 1 saturated heterocycles. The second-order valence-corrected chi connectivity index (χ2v) is 9.22. The zero-order valence-electron chi connectivity index (χ0n) is 17.1. The molecule has 0 aliphatic carbocycles. The second-order valence-electron chi connectivity index (χ2n) is 7.71. The summed E-state index contributed by atoms with van der Waals surface area (Å²) in [5.74, 6) is 4.93. The molecule has 6 nitrogen and oxygen atoms in total. The van der Waals surface area contributed by atoms with Gasteiger partial charge in [-0.15, -0.1) is 0 Å². The molecule has 0 saturated carbocycles. The Labute approximate surface area is 190 Å². The van der Waals surface area contributed by atoms with Crippen LogP contribution in [0.5, 0.6) is 11.8 Å². The van der Waals surface area contributed by atoms with E-state index in [1.165, 1.54) is 35.0 Å². The van der Waals surface area contributed by atoms with Crippen LogP contribution in [0.25, 0.3) is 11.0 Å². The van der Waals surface area contributed by atoms with Gasteiger partial charge < -0.3 is 14.6 Å². The third-order valence-electron chi connectivity index (χ3n) is 5.36. The zero-order valence-corrected chi connectivity index (χ0v) is 18.7. The van der Waals surface area contributed by atoms with E-state index >= 15 is 0 Å². The summed E-state index contributed by atoms with van der Waals surface area (Å²) in [6.45, 7) is 0.668. The number of thioether (sulfide) groups is 1. The highest BCUT2D eigenvalue weighted by atomic mass is 35.5. The van der Waals surface area contributed by atoms with Crippen LogP contribution >= 0.6 is 23.4 Å². The Morgan fingerprint density at radius 1 is 1.10 bits per heavy atom. The number of benzene rings is 2. The molecule has 4 aromatic rings. The lowest BCUT2D eigenvalue weighted by molar-refractivity contribution is 0.441. The Balaban J connectivity index is 1.23. The summed E-state index contributed by atoms with van der Waals surface area (Å²) < 4.78 is 7.77. The number of halogens is 1. The van der Waals surface area contributed by atoms with Gasteiger partial charge >= 0.3 is 6.01 Å². The predicted molar refractivity (Wildman–Crippen MR) is 126 cm³/mol. The normalized spacial score (nSPS) is 13.9. The van der Waals surface area contributed by atoms with Crippen LogP contribution in [-0.4, -0.2) is 31.0 Å². The minimum Gasteiger partial charge on any atom is -0.424 e. The van der Waals surface area contributed by atoms with Gasteiger partial charge in [-0.3, -0.25) is 0 Å². The molecule has 2 aromatic heterocycles. The van der Waals surface area contributed by atoms with Crippen LogP contribution in [0.4, 0.5) is 5.95 Å². The Kier molecular flexibility index (Phi) is 5.70. The Morgan fingerprint density at radius 2 is 1.84 bits per heavy atom. The van der Waals surface area contributed by atoms with E-state index in [2.05, 4.69) is 45.1 Å². The Morgan fingerprint density at radius 3 is 2.55 bits per heavy atom. The van der Waals surface area contributed by atoms with Crippen LogP contribution in [0.1, 0.15) is 11.1 Å². The minimum absolute atomic E-state index is 0.269. The largest absolute Gasteiger partial charge is 0.424 e. The number of hydrogen-bond acceptors (Lipinski definition) is 6. The van der Waals surface area contributed by atoms with Crippen molar-refractivity contribution >= 4 is 40.3 Å². The molecule has 1 aliphatic heterocycles. The number of rotatable bonds is 7. The summed E-state index contributed by atoms with van der Waals surface area (Å²) in [7, 11) is 2.06.